The summed E-state index contributed by atoms with van der Waals surface area (Å²) in [4.78, 5) is 26.2. The lowest BCUT2D eigenvalue weighted by atomic mass is 10.2. The molecule has 0 unspecified atom stereocenters. The zero-order chi connectivity index (χ0) is 17.1. The van der Waals surface area contributed by atoms with Gasteiger partial charge in [-0.1, -0.05) is 36.4 Å². The highest BCUT2D eigenvalue weighted by Crippen LogP contribution is 2.27. The number of aromatic amines is 1. The largest absolute Gasteiger partial charge is 0.394 e. The first-order valence-corrected chi connectivity index (χ1v) is 7.61. The fourth-order valence-electron chi connectivity index (χ4n) is 2.63. The molecule has 0 bridgehead atoms. The first-order valence-electron chi connectivity index (χ1n) is 7.61. The maximum absolute atomic E-state index is 12.0. The van der Waals surface area contributed by atoms with Gasteiger partial charge < -0.3 is 14.9 Å². The van der Waals surface area contributed by atoms with Crippen LogP contribution in [0.25, 0.3) is 12.2 Å². The van der Waals surface area contributed by atoms with E-state index < -0.39 is 29.7 Å². The van der Waals surface area contributed by atoms with Gasteiger partial charge in [-0.05, 0) is 11.6 Å². The number of aliphatic hydroxyl groups excluding tert-OH is 2. The Kier molecular flexibility index (Phi) is 4.75. The summed E-state index contributed by atoms with van der Waals surface area (Å²) in [7, 11) is 0. The van der Waals surface area contributed by atoms with Gasteiger partial charge in [0.05, 0.1) is 18.3 Å². The third-order valence-corrected chi connectivity index (χ3v) is 3.94. The van der Waals surface area contributed by atoms with Crippen LogP contribution in [-0.2, 0) is 4.74 Å². The highest BCUT2D eigenvalue weighted by atomic mass is 16.5. The standard InChI is InChI=1S/C17H18N2O5/c20-10-14-13(21)8-15(24-14)19-9-12(16(22)18-17(19)23)7-6-11-4-2-1-3-5-11/h1-7,9,13-15,20-21H,8,10H2,(H,18,22,23)/t13-,14+,15+/m0/s1. The molecule has 0 saturated carbocycles. The summed E-state index contributed by atoms with van der Waals surface area (Å²) in [5.74, 6) is 0. The lowest BCUT2D eigenvalue weighted by Gasteiger charge is -2.14. The van der Waals surface area contributed by atoms with E-state index in [0.717, 1.165) is 5.56 Å². The van der Waals surface area contributed by atoms with Gasteiger partial charge in [-0.15, -0.1) is 0 Å². The van der Waals surface area contributed by atoms with Crippen molar-refractivity contribution in [1.82, 2.24) is 9.55 Å². The van der Waals surface area contributed by atoms with E-state index in [0.29, 0.717) is 5.56 Å². The van der Waals surface area contributed by atoms with E-state index in [2.05, 4.69) is 4.98 Å². The Bertz CT molecular complexity index is 840. The van der Waals surface area contributed by atoms with Crippen LogP contribution in [-0.4, -0.2) is 38.6 Å². The van der Waals surface area contributed by atoms with E-state index >= 15 is 0 Å². The number of hydrogen-bond donors (Lipinski definition) is 3. The lowest BCUT2D eigenvalue weighted by Crippen LogP contribution is -2.33. The molecule has 2 heterocycles. The summed E-state index contributed by atoms with van der Waals surface area (Å²) in [5.41, 5.74) is 0.0971. The molecule has 0 amide bonds. The molecule has 3 rings (SSSR count). The van der Waals surface area contributed by atoms with Gasteiger partial charge >= 0.3 is 5.69 Å². The number of ether oxygens (including phenoxy) is 1. The second kappa shape index (κ2) is 6.96. The molecule has 0 radical (unpaired) electrons. The molecule has 3 N–H and O–H groups in total. The van der Waals surface area contributed by atoms with Crippen molar-refractivity contribution in [2.45, 2.75) is 24.9 Å². The first-order chi connectivity index (χ1) is 11.6. The van der Waals surface area contributed by atoms with Crippen LogP contribution < -0.4 is 11.2 Å². The summed E-state index contributed by atoms with van der Waals surface area (Å²) >= 11 is 0. The van der Waals surface area contributed by atoms with Crippen LogP contribution >= 0.6 is 0 Å². The maximum atomic E-state index is 12.0. The zero-order valence-electron chi connectivity index (χ0n) is 12.8. The number of aliphatic hydroxyl groups is 2. The molecule has 2 aromatic rings. The second-order valence-electron chi connectivity index (χ2n) is 5.61. The van der Waals surface area contributed by atoms with Crippen LogP contribution in [0.3, 0.4) is 0 Å². The molecule has 1 aliphatic rings. The summed E-state index contributed by atoms with van der Waals surface area (Å²) in [6, 6.07) is 9.44. The number of nitrogens with one attached hydrogen (secondary N) is 1. The molecule has 1 aromatic carbocycles. The number of rotatable bonds is 4. The predicted molar refractivity (Wildman–Crippen MR) is 88.3 cm³/mol. The van der Waals surface area contributed by atoms with Gasteiger partial charge in [-0.25, -0.2) is 4.79 Å². The highest BCUT2D eigenvalue weighted by molar-refractivity contribution is 5.68. The minimum atomic E-state index is -0.859. The van der Waals surface area contributed by atoms with E-state index in [9.17, 15) is 14.7 Å². The Morgan fingerprint density at radius 3 is 2.67 bits per heavy atom. The third-order valence-electron chi connectivity index (χ3n) is 3.94. The Balaban J connectivity index is 1.91. The molecule has 126 valence electrons. The average molecular weight is 330 g/mol. The number of benzene rings is 1. The smallest absolute Gasteiger partial charge is 0.330 e. The average Bonchev–Trinajstić information content (AvgIpc) is 2.95. The van der Waals surface area contributed by atoms with Crippen molar-refractivity contribution >= 4 is 12.2 Å². The van der Waals surface area contributed by atoms with Gasteiger partial charge in [-0.3, -0.25) is 14.3 Å². The molecule has 0 spiro atoms. The quantitative estimate of drug-likeness (QED) is 0.750. The van der Waals surface area contributed by atoms with Crippen molar-refractivity contribution in [1.29, 1.82) is 0 Å². The van der Waals surface area contributed by atoms with Crippen molar-refractivity contribution in [3.8, 4) is 0 Å². The van der Waals surface area contributed by atoms with E-state index in [1.165, 1.54) is 10.8 Å². The first kappa shape index (κ1) is 16.4. The third kappa shape index (κ3) is 3.38. The van der Waals surface area contributed by atoms with Crippen LogP contribution in [0.2, 0.25) is 0 Å². The fraction of sp³-hybridized carbons (Fsp3) is 0.294. The molecule has 3 atom stereocenters. The minimum Gasteiger partial charge on any atom is -0.394 e. The zero-order valence-corrected chi connectivity index (χ0v) is 12.8. The SMILES string of the molecule is O=c1[nH]c(=O)n([C@H]2C[C@H](O)[C@@H](CO)O2)cc1C=Cc1ccccc1. The molecule has 7 nitrogen and oxygen atoms in total. The minimum absolute atomic E-state index is 0.166. The summed E-state index contributed by atoms with van der Waals surface area (Å²) in [6.45, 7) is -0.337. The van der Waals surface area contributed by atoms with Gasteiger partial charge in [0.25, 0.3) is 5.56 Å². The van der Waals surface area contributed by atoms with Crippen molar-refractivity contribution in [3.05, 3.63) is 68.5 Å². The van der Waals surface area contributed by atoms with Gasteiger partial charge in [0.1, 0.15) is 12.3 Å². The summed E-state index contributed by atoms with van der Waals surface area (Å²) in [6.07, 6.45) is 2.61. The second-order valence-corrected chi connectivity index (χ2v) is 5.61. The van der Waals surface area contributed by atoms with Crippen molar-refractivity contribution < 1.29 is 14.9 Å². The molecule has 1 saturated heterocycles. The number of hydrogen-bond acceptors (Lipinski definition) is 5. The van der Waals surface area contributed by atoms with E-state index in [1.54, 1.807) is 12.2 Å². The molecule has 1 aromatic heterocycles. The summed E-state index contributed by atoms with van der Waals surface area (Å²) < 4.78 is 6.69. The molecule has 7 heteroatoms. The molecule has 1 aliphatic heterocycles. The van der Waals surface area contributed by atoms with Gasteiger partial charge in [0.15, 0.2) is 0 Å². The molecular formula is C17H18N2O5. The Morgan fingerprint density at radius 2 is 2.00 bits per heavy atom. The van der Waals surface area contributed by atoms with Crippen molar-refractivity contribution in [2.24, 2.45) is 0 Å². The molecule has 1 fully saturated rings. The van der Waals surface area contributed by atoms with Crippen LogP contribution in [0.4, 0.5) is 0 Å². The monoisotopic (exact) mass is 330 g/mol. The maximum Gasteiger partial charge on any atom is 0.330 e. The van der Waals surface area contributed by atoms with Gasteiger partial charge in [0, 0.05) is 12.6 Å². The summed E-state index contributed by atoms with van der Waals surface area (Å²) in [5, 5.41) is 18.9. The van der Waals surface area contributed by atoms with E-state index in [-0.39, 0.29) is 13.0 Å². The van der Waals surface area contributed by atoms with Gasteiger partial charge in [-0.2, -0.15) is 0 Å². The number of nitrogens with zero attached hydrogens (tertiary/aromatic N) is 1. The van der Waals surface area contributed by atoms with Crippen LogP contribution in [0, 0.1) is 0 Å². The Hall–Kier alpha value is -2.48. The number of H-pyrrole nitrogens is 1. The topological polar surface area (TPSA) is 105 Å². The number of aromatic nitrogens is 2. The van der Waals surface area contributed by atoms with Crippen molar-refractivity contribution in [3.63, 3.8) is 0 Å². The molecule has 0 aliphatic carbocycles. The highest BCUT2D eigenvalue weighted by Gasteiger charge is 2.35. The van der Waals surface area contributed by atoms with E-state index in [4.69, 9.17) is 9.84 Å². The lowest BCUT2D eigenvalue weighted by molar-refractivity contribution is -0.0459. The predicted octanol–water partition coefficient (Wildman–Crippen LogP) is 0.348. The molecular weight excluding hydrogens is 312 g/mol. The van der Waals surface area contributed by atoms with Crippen LogP contribution in [0.1, 0.15) is 23.8 Å². The Morgan fingerprint density at radius 1 is 1.25 bits per heavy atom. The molecule has 24 heavy (non-hydrogen) atoms. The fourth-order valence-corrected chi connectivity index (χ4v) is 2.63. The van der Waals surface area contributed by atoms with Crippen LogP contribution in [0.15, 0.2) is 46.1 Å². The normalized spacial score (nSPS) is 23.8. The van der Waals surface area contributed by atoms with Crippen LogP contribution in [0.5, 0.6) is 0 Å². The van der Waals surface area contributed by atoms with E-state index in [1.807, 2.05) is 30.3 Å². The van der Waals surface area contributed by atoms with Crippen molar-refractivity contribution in [2.75, 3.05) is 6.61 Å². The van der Waals surface area contributed by atoms with Gasteiger partial charge in [0.2, 0.25) is 0 Å². The Labute approximate surface area is 137 Å².